The summed E-state index contributed by atoms with van der Waals surface area (Å²) in [6.45, 7) is -1.63. The number of aliphatic hydroxyl groups is 17. The minimum atomic E-state index is -2.14. The molecule has 418 valence electrons. The van der Waals surface area contributed by atoms with Gasteiger partial charge in [-0.1, -0.05) is 0 Å². The maximum atomic E-state index is 12.8. The van der Waals surface area contributed by atoms with Gasteiger partial charge < -0.3 is 150 Å². The molecule has 30 atom stereocenters. The average molecular weight is 1060 g/mol. The molecule has 19 N–H and O–H groups in total. The van der Waals surface area contributed by atoms with Gasteiger partial charge in [-0.15, -0.1) is 0 Å². The SMILES string of the molecule is CC(=O)N[C@H]1[C@H](O[C@H]2[C@H](O[C@H]3[C@H](O)[C@@H](O)[C@H](O)O[C@@H]3CO)O[C@H](CO)[C@H](O)[C@@H]2O)O[C@H](CO)[C@@H](O[C@@H]2O[C@H](CO)[C@H](O)[C@H](O[C@H]3O[C@H](CO)[C@H](O)[C@H](O)[C@H]3NC(C)=O)[C@H]2O[C@@H]2O[C@@H](C)[C@@H](O)[C@@H](O)[C@@H]2O)[C@@H]1O. The van der Waals surface area contributed by atoms with E-state index in [4.69, 9.17) is 52.1 Å². The molecule has 0 aromatic carbocycles. The number of ether oxygens (including phenoxy) is 11. The Morgan fingerprint density at radius 1 is 0.361 bits per heavy atom. The van der Waals surface area contributed by atoms with Crippen molar-refractivity contribution in [2.45, 2.75) is 205 Å². The second-order valence-electron chi connectivity index (χ2n) is 18.2. The largest absolute Gasteiger partial charge is 0.394 e. The van der Waals surface area contributed by atoms with Gasteiger partial charge in [0.15, 0.2) is 37.7 Å². The van der Waals surface area contributed by atoms with E-state index in [2.05, 4.69) is 10.6 Å². The summed E-state index contributed by atoms with van der Waals surface area (Å²) in [5.41, 5.74) is 0. The van der Waals surface area contributed by atoms with Crippen LogP contribution in [0.3, 0.4) is 0 Å². The van der Waals surface area contributed by atoms with E-state index in [-0.39, 0.29) is 0 Å². The molecule has 0 saturated carbocycles. The second kappa shape index (κ2) is 25.3. The van der Waals surface area contributed by atoms with E-state index >= 15 is 0 Å². The minimum absolute atomic E-state index is 0.786. The molecular formula is C40H68N2O30. The molecule has 6 aliphatic rings. The molecule has 0 aromatic heterocycles. The number of carbonyl (C=O) groups is 2. The monoisotopic (exact) mass is 1060 g/mol. The second-order valence-corrected chi connectivity index (χ2v) is 18.2. The summed E-state index contributed by atoms with van der Waals surface area (Å²) < 4.78 is 64.3. The van der Waals surface area contributed by atoms with Crippen LogP contribution in [0.2, 0.25) is 0 Å². The minimum Gasteiger partial charge on any atom is -0.394 e. The molecule has 6 aliphatic heterocycles. The fourth-order valence-electron chi connectivity index (χ4n) is 9.22. The Bertz CT molecular complexity index is 1730. The predicted octanol–water partition coefficient (Wildman–Crippen LogP) is -12.8. The Kier molecular flexibility index (Phi) is 20.8. The molecule has 0 bridgehead atoms. The number of hydrogen-bond donors (Lipinski definition) is 19. The highest BCUT2D eigenvalue weighted by Gasteiger charge is 2.59. The number of nitrogens with one attached hydrogen (secondary N) is 2. The topological polar surface area (TPSA) is 504 Å². The molecule has 6 rings (SSSR count). The van der Waals surface area contributed by atoms with Crippen molar-refractivity contribution < 1.29 is 149 Å². The summed E-state index contributed by atoms with van der Waals surface area (Å²) in [5, 5.41) is 187. The van der Waals surface area contributed by atoms with Gasteiger partial charge in [0.25, 0.3) is 0 Å². The van der Waals surface area contributed by atoms with E-state index in [1.165, 1.54) is 6.92 Å². The molecule has 72 heavy (non-hydrogen) atoms. The van der Waals surface area contributed by atoms with Crippen LogP contribution in [0.5, 0.6) is 0 Å². The number of aliphatic hydroxyl groups excluding tert-OH is 17. The quantitative estimate of drug-likeness (QED) is 0.0643. The van der Waals surface area contributed by atoms with Gasteiger partial charge in [-0.2, -0.15) is 0 Å². The van der Waals surface area contributed by atoms with Gasteiger partial charge >= 0.3 is 0 Å². The van der Waals surface area contributed by atoms with Gasteiger partial charge in [-0.3, -0.25) is 9.59 Å². The maximum absolute atomic E-state index is 12.8. The van der Waals surface area contributed by atoms with Crippen LogP contribution in [0.25, 0.3) is 0 Å². The average Bonchev–Trinajstić information content (AvgIpc) is 3.34. The lowest BCUT2D eigenvalue weighted by atomic mass is 9.94. The number of carbonyl (C=O) groups excluding carboxylic acids is 2. The third-order valence-electron chi connectivity index (χ3n) is 13.2. The molecule has 0 aromatic rings. The normalized spacial score (nSPS) is 50.3. The molecule has 6 fully saturated rings. The lowest BCUT2D eigenvalue weighted by Crippen LogP contribution is -2.71. The van der Waals surface area contributed by atoms with Crippen molar-refractivity contribution in [2.24, 2.45) is 0 Å². The molecule has 0 unspecified atom stereocenters. The predicted molar refractivity (Wildman–Crippen MR) is 221 cm³/mol. The molecule has 0 aliphatic carbocycles. The Labute approximate surface area is 408 Å². The van der Waals surface area contributed by atoms with Crippen LogP contribution >= 0.6 is 0 Å². The molecule has 6 heterocycles. The van der Waals surface area contributed by atoms with Crippen molar-refractivity contribution in [1.29, 1.82) is 0 Å². The van der Waals surface area contributed by atoms with E-state index in [1.54, 1.807) is 0 Å². The van der Waals surface area contributed by atoms with E-state index in [9.17, 15) is 96.4 Å². The van der Waals surface area contributed by atoms with E-state index in [1.807, 2.05) is 0 Å². The number of amides is 2. The standard InChI is InChI=1S/C40H68N2O30/c1-9-19(50)25(56)29(60)38(62-9)72-34-32(70-36-17(41-10(2)48)23(54)20(51)12(4-43)64-36)22(53)14(6-45)66-40(34)68-30-16(8-47)67-37(18(24(30)55)42-11(3)49)71-33-26(57)21(52)13(5-44)65-39(33)69-31-15(7-46)63-35(61)28(59)27(31)58/h9,12-40,43-47,50-61H,4-8H2,1-3H3,(H,41,48)(H,42,49)/t9-,12+,13+,14+,15+,16+,17+,18+,19+,20-,21-,22-,23+,24+,25+,26-,27+,28+,29-,30+,31+,32-,33+,34+,35+,36+,37-,38-,39-,40-/m0/s1. The Morgan fingerprint density at radius 2 is 0.750 bits per heavy atom. The van der Waals surface area contributed by atoms with Gasteiger partial charge in [0, 0.05) is 13.8 Å². The smallest absolute Gasteiger partial charge is 0.217 e. The first-order valence-corrected chi connectivity index (χ1v) is 23.0. The Hall–Kier alpha value is -2.18. The number of rotatable bonds is 17. The molecule has 6 saturated heterocycles. The molecular weight excluding hydrogens is 988 g/mol. The van der Waals surface area contributed by atoms with Crippen molar-refractivity contribution >= 4 is 11.8 Å². The lowest BCUT2D eigenvalue weighted by Gasteiger charge is -2.51. The highest BCUT2D eigenvalue weighted by atomic mass is 16.8. The maximum Gasteiger partial charge on any atom is 0.217 e. The van der Waals surface area contributed by atoms with Crippen molar-refractivity contribution in [3.05, 3.63) is 0 Å². The summed E-state index contributed by atoms with van der Waals surface area (Å²) in [6.07, 6.45) is -53.1. The van der Waals surface area contributed by atoms with Gasteiger partial charge in [-0.05, 0) is 6.92 Å². The molecule has 0 radical (unpaired) electrons. The first-order valence-electron chi connectivity index (χ1n) is 23.0. The Morgan fingerprint density at radius 3 is 1.28 bits per heavy atom. The highest BCUT2D eigenvalue weighted by Crippen LogP contribution is 2.38. The summed E-state index contributed by atoms with van der Waals surface area (Å²) >= 11 is 0. The Balaban J connectivity index is 1.34. The van der Waals surface area contributed by atoms with Crippen LogP contribution in [-0.4, -0.2) is 316 Å². The molecule has 32 heteroatoms. The zero-order chi connectivity index (χ0) is 53.2. The number of hydrogen-bond acceptors (Lipinski definition) is 30. The highest BCUT2D eigenvalue weighted by molar-refractivity contribution is 5.73. The third kappa shape index (κ3) is 12.5. The summed E-state index contributed by atoms with van der Waals surface area (Å²) in [5.74, 6) is -1.67. The van der Waals surface area contributed by atoms with Gasteiger partial charge in [0.2, 0.25) is 11.8 Å². The summed E-state index contributed by atoms with van der Waals surface area (Å²) in [7, 11) is 0. The lowest BCUT2D eigenvalue weighted by molar-refractivity contribution is -0.404. The molecule has 2 amide bonds. The van der Waals surface area contributed by atoms with Crippen LogP contribution in [0, 0.1) is 0 Å². The summed E-state index contributed by atoms with van der Waals surface area (Å²) in [4.78, 5) is 25.1. The fourth-order valence-corrected chi connectivity index (χ4v) is 9.22. The van der Waals surface area contributed by atoms with Gasteiger partial charge in [-0.25, -0.2) is 0 Å². The van der Waals surface area contributed by atoms with Crippen LogP contribution in [-0.2, 0) is 61.7 Å². The molecule has 32 nitrogen and oxygen atoms in total. The van der Waals surface area contributed by atoms with E-state index in [0.29, 0.717) is 0 Å². The van der Waals surface area contributed by atoms with E-state index in [0.717, 1.165) is 13.8 Å². The van der Waals surface area contributed by atoms with Crippen LogP contribution in [0.4, 0.5) is 0 Å². The van der Waals surface area contributed by atoms with Gasteiger partial charge in [0.1, 0.15) is 140 Å². The van der Waals surface area contributed by atoms with E-state index < -0.39 is 229 Å². The molecule has 0 spiro atoms. The van der Waals surface area contributed by atoms with Crippen molar-refractivity contribution in [1.82, 2.24) is 10.6 Å². The third-order valence-corrected chi connectivity index (χ3v) is 13.2. The first kappa shape index (κ1) is 59.1. The zero-order valence-corrected chi connectivity index (χ0v) is 38.8. The van der Waals surface area contributed by atoms with Crippen molar-refractivity contribution in [3.8, 4) is 0 Å². The fraction of sp³-hybridized carbons (Fsp3) is 0.950. The van der Waals surface area contributed by atoms with Gasteiger partial charge in [0.05, 0.1) is 39.1 Å². The van der Waals surface area contributed by atoms with Crippen LogP contribution < -0.4 is 10.6 Å². The van der Waals surface area contributed by atoms with Crippen LogP contribution in [0.15, 0.2) is 0 Å². The van der Waals surface area contributed by atoms with Crippen LogP contribution in [0.1, 0.15) is 20.8 Å². The zero-order valence-electron chi connectivity index (χ0n) is 38.8. The van der Waals surface area contributed by atoms with Crippen molar-refractivity contribution in [2.75, 3.05) is 33.0 Å². The first-order chi connectivity index (χ1) is 34.0. The summed E-state index contributed by atoms with van der Waals surface area (Å²) in [6, 6.07) is -3.52. The van der Waals surface area contributed by atoms with Crippen molar-refractivity contribution in [3.63, 3.8) is 0 Å².